The molecule has 30 heavy (non-hydrogen) atoms. The summed E-state index contributed by atoms with van der Waals surface area (Å²) in [5.41, 5.74) is 2.93. The molecular formula is C24H34N4O2. The predicted octanol–water partition coefficient (Wildman–Crippen LogP) is 2.85. The number of carbonyl (C=O) groups excluding carboxylic acids is 2. The number of anilines is 1. The minimum absolute atomic E-state index is 0.182. The molecule has 2 aromatic carbocycles. The molecule has 0 aliphatic rings. The first kappa shape index (κ1) is 23.6. The van der Waals surface area contributed by atoms with Crippen molar-refractivity contribution in [2.75, 3.05) is 11.9 Å². The highest BCUT2D eigenvalue weighted by Crippen LogP contribution is 2.10. The predicted molar refractivity (Wildman–Crippen MR) is 122 cm³/mol. The summed E-state index contributed by atoms with van der Waals surface area (Å²) in [6, 6.07) is 16.9. The van der Waals surface area contributed by atoms with Gasteiger partial charge in [0.1, 0.15) is 6.04 Å². The van der Waals surface area contributed by atoms with Gasteiger partial charge in [-0.25, -0.2) is 0 Å². The molecule has 0 fully saturated rings. The van der Waals surface area contributed by atoms with E-state index in [4.69, 9.17) is 0 Å². The number of carbonyl (C=O) groups is 2. The maximum Gasteiger partial charge on any atom is 0.246 e. The molecule has 0 heterocycles. The largest absolute Gasteiger partial charge is 0.343 e. The molecule has 0 radical (unpaired) electrons. The molecule has 0 bridgehead atoms. The SMILES string of the molecule is CCN[C@@H](Cc1ccccc1)C(=O)N[C@@H](C)C(=O)Nc1ccc(CNC(C)C)cc1. The Labute approximate surface area is 179 Å². The first-order chi connectivity index (χ1) is 14.4. The topological polar surface area (TPSA) is 82.3 Å². The molecule has 6 heteroatoms. The smallest absolute Gasteiger partial charge is 0.246 e. The summed E-state index contributed by atoms with van der Waals surface area (Å²) in [5, 5.41) is 12.3. The molecule has 162 valence electrons. The third-order valence-corrected chi connectivity index (χ3v) is 4.74. The zero-order chi connectivity index (χ0) is 21.9. The lowest BCUT2D eigenvalue weighted by Crippen LogP contribution is -2.51. The van der Waals surface area contributed by atoms with Gasteiger partial charge in [-0.15, -0.1) is 0 Å². The lowest BCUT2D eigenvalue weighted by molar-refractivity contribution is -0.127. The average Bonchev–Trinajstić information content (AvgIpc) is 2.73. The van der Waals surface area contributed by atoms with Crippen molar-refractivity contribution >= 4 is 17.5 Å². The fraction of sp³-hybridized carbons (Fsp3) is 0.417. The van der Waals surface area contributed by atoms with Gasteiger partial charge in [-0.3, -0.25) is 9.59 Å². The summed E-state index contributed by atoms with van der Waals surface area (Å²) >= 11 is 0. The fourth-order valence-electron chi connectivity index (χ4n) is 3.01. The van der Waals surface area contributed by atoms with Crippen LogP contribution in [-0.2, 0) is 22.6 Å². The number of hydrogen-bond donors (Lipinski definition) is 4. The van der Waals surface area contributed by atoms with Crippen LogP contribution in [-0.4, -0.2) is 36.5 Å². The van der Waals surface area contributed by atoms with Crippen molar-refractivity contribution in [3.8, 4) is 0 Å². The number of likely N-dealkylation sites (N-methyl/N-ethyl adjacent to an activating group) is 1. The van der Waals surface area contributed by atoms with Gasteiger partial charge in [0.05, 0.1) is 6.04 Å². The highest BCUT2D eigenvalue weighted by atomic mass is 16.2. The van der Waals surface area contributed by atoms with Gasteiger partial charge in [-0.05, 0) is 43.1 Å². The molecule has 0 aliphatic heterocycles. The first-order valence-electron chi connectivity index (χ1n) is 10.6. The van der Waals surface area contributed by atoms with Crippen LogP contribution in [0.2, 0.25) is 0 Å². The van der Waals surface area contributed by atoms with Crippen LogP contribution in [0.15, 0.2) is 54.6 Å². The average molecular weight is 411 g/mol. The van der Waals surface area contributed by atoms with E-state index < -0.39 is 6.04 Å². The van der Waals surface area contributed by atoms with E-state index in [0.29, 0.717) is 24.7 Å². The Morgan fingerprint density at radius 1 is 0.833 bits per heavy atom. The van der Waals surface area contributed by atoms with Gasteiger partial charge < -0.3 is 21.3 Å². The molecule has 2 atom stereocenters. The van der Waals surface area contributed by atoms with Gasteiger partial charge in [0.25, 0.3) is 0 Å². The van der Waals surface area contributed by atoms with E-state index in [1.54, 1.807) is 6.92 Å². The molecule has 4 N–H and O–H groups in total. The molecule has 0 saturated heterocycles. The molecule has 6 nitrogen and oxygen atoms in total. The Bertz CT molecular complexity index is 791. The van der Waals surface area contributed by atoms with Crippen LogP contribution >= 0.6 is 0 Å². The van der Waals surface area contributed by atoms with Gasteiger partial charge in [0, 0.05) is 18.3 Å². The van der Waals surface area contributed by atoms with Gasteiger partial charge in [0.2, 0.25) is 11.8 Å². The summed E-state index contributed by atoms with van der Waals surface area (Å²) in [4.78, 5) is 25.2. The second-order valence-electron chi connectivity index (χ2n) is 7.75. The lowest BCUT2D eigenvalue weighted by Gasteiger charge is -2.21. The highest BCUT2D eigenvalue weighted by Gasteiger charge is 2.22. The number of amides is 2. The van der Waals surface area contributed by atoms with Crippen LogP contribution in [0.5, 0.6) is 0 Å². The van der Waals surface area contributed by atoms with E-state index >= 15 is 0 Å². The van der Waals surface area contributed by atoms with Gasteiger partial charge in [-0.1, -0.05) is 63.2 Å². The molecule has 0 saturated carbocycles. The number of hydrogen-bond acceptors (Lipinski definition) is 4. The van der Waals surface area contributed by atoms with Crippen molar-refractivity contribution in [2.45, 2.75) is 58.8 Å². The molecule has 2 amide bonds. The second-order valence-corrected chi connectivity index (χ2v) is 7.75. The molecule has 2 rings (SSSR count). The van der Waals surface area contributed by atoms with Crippen LogP contribution in [0.4, 0.5) is 5.69 Å². The van der Waals surface area contributed by atoms with Crippen LogP contribution in [0.3, 0.4) is 0 Å². The van der Waals surface area contributed by atoms with E-state index in [1.807, 2.05) is 61.5 Å². The normalized spacial score (nSPS) is 13.0. The number of benzene rings is 2. The number of nitrogens with one attached hydrogen (secondary N) is 4. The van der Waals surface area contributed by atoms with Crippen molar-refractivity contribution in [1.29, 1.82) is 0 Å². The Morgan fingerprint density at radius 2 is 1.50 bits per heavy atom. The quantitative estimate of drug-likeness (QED) is 0.459. The van der Waals surface area contributed by atoms with Crippen molar-refractivity contribution in [1.82, 2.24) is 16.0 Å². The van der Waals surface area contributed by atoms with Crippen molar-refractivity contribution in [2.24, 2.45) is 0 Å². The fourth-order valence-corrected chi connectivity index (χ4v) is 3.01. The third-order valence-electron chi connectivity index (χ3n) is 4.74. The summed E-state index contributed by atoms with van der Waals surface area (Å²) in [6.07, 6.45) is 0.570. The minimum Gasteiger partial charge on any atom is -0.343 e. The highest BCUT2D eigenvalue weighted by molar-refractivity contribution is 5.97. The molecule has 0 spiro atoms. The van der Waals surface area contributed by atoms with E-state index in [-0.39, 0.29) is 17.9 Å². The molecule has 0 unspecified atom stereocenters. The summed E-state index contributed by atoms with van der Waals surface area (Å²) in [7, 11) is 0. The lowest BCUT2D eigenvalue weighted by atomic mass is 10.0. The molecule has 0 aromatic heterocycles. The standard InChI is InChI=1S/C24H34N4O2/c1-5-25-22(15-19-9-7-6-8-10-19)24(30)27-18(4)23(29)28-21-13-11-20(12-14-21)16-26-17(2)3/h6-14,17-18,22,25-26H,5,15-16H2,1-4H3,(H,27,30)(H,28,29)/t18-,22-/m0/s1. The Morgan fingerprint density at radius 3 is 2.10 bits per heavy atom. The van der Waals surface area contributed by atoms with E-state index in [1.165, 1.54) is 0 Å². The molecular weight excluding hydrogens is 376 g/mol. The van der Waals surface area contributed by atoms with Gasteiger partial charge in [-0.2, -0.15) is 0 Å². The van der Waals surface area contributed by atoms with Crippen LogP contribution < -0.4 is 21.3 Å². The Hall–Kier alpha value is -2.70. The van der Waals surface area contributed by atoms with Gasteiger partial charge >= 0.3 is 0 Å². The monoisotopic (exact) mass is 410 g/mol. The first-order valence-corrected chi connectivity index (χ1v) is 10.6. The maximum atomic E-state index is 12.7. The van der Waals surface area contributed by atoms with Gasteiger partial charge in [0.15, 0.2) is 0 Å². The maximum absolute atomic E-state index is 12.7. The molecule has 2 aromatic rings. The van der Waals surface area contributed by atoms with E-state index in [2.05, 4.69) is 35.1 Å². The minimum atomic E-state index is -0.642. The van der Waals surface area contributed by atoms with Crippen molar-refractivity contribution in [3.63, 3.8) is 0 Å². The summed E-state index contributed by atoms with van der Waals surface area (Å²) < 4.78 is 0. The van der Waals surface area contributed by atoms with Crippen molar-refractivity contribution < 1.29 is 9.59 Å². The zero-order valence-electron chi connectivity index (χ0n) is 18.4. The zero-order valence-corrected chi connectivity index (χ0v) is 18.4. The Balaban J connectivity index is 1.89. The van der Waals surface area contributed by atoms with Crippen molar-refractivity contribution in [3.05, 3.63) is 65.7 Å². The van der Waals surface area contributed by atoms with Crippen LogP contribution in [0.25, 0.3) is 0 Å². The number of rotatable bonds is 11. The Kier molecular flexibility index (Phi) is 9.51. The summed E-state index contributed by atoms with van der Waals surface area (Å²) in [6.45, 7) is 9.31. The van der Waals surface area contributed by atoms with E-state index in [0.717, 1.165) is 17.7 Å². The van der Waals surface area contributed by atoms with Crippen LogP contribution in [0, 0.1) is 0 Å². The second kappa shape index (κ2) is 12.1. The third kappa shape index (κ3) is 7.97. The molecule has 0 aliphatic carbocycles. The van der Waals surface area contributed by atoms with E-state index in [9.17, 15) is 9.59 Å². The summed E-state index contributed by atoms with van der Waals surface area (Å²) in [5.74, 6) is -0.426. The van der Waals surface area contributed by atoms with Crippen LogP contribution in [0.1, 0.15) is 38.8 Å².